The molecule has 7 rings (SSSR count). The summed E-state index contributed by atoms with van der Waals surface area (Å²) in [5, 5.41) is 13.5. The third-order valence-electron chi connectivity index (χ3n) is 8.19. The first-order valence-electron chi connectivity index (χ1n) is 12.6. The van der Waals surface area contributed by atoms with Gasteiger partial charge in [-0.3, -0.25) is 24.5 Å². The lowest BCUT2D eigenvalue weighted by Crippen LogP contribution is -2.53. The molecule has 4 aliphatic heterocycles. The Morgan fingerprint density at radius 2 is 2.06 bits per heavy atom. The van der Waals surface area contributed by atoms with Crippen molar-refractivity contribution in [3.8, 4) is 5.69 Å². The Hall–Kier alpha value is -3.60. The highest BCUT2D eigenvalue weighted by Gasteiger charge is 2.40. The van der Waals surface area contributed by atoms with Crippen molar-refractivity contribution in [2.45, 2.75) is 50.7 Å². The van der Waals surface area contributed by atoms with Gasteiger partial charge in [-0.15, -0.1) is 5.10 Å². The van der Waals surface area contributed by atoms with Gasteiger partial charge in [-0.05, 0) is 68.3 Å². The monoisotopic (exact) mass is 491 g/mol. The third kappa shape index (κ3) is 3.97. The summed E-state index contributed by atoms with van der Waals surface area (Å²) in [4.78, 5) is 53.3. The van der Waals surface area contributed by atoms with Crippen LogP contribution in [0.5, 0.6) is 0 Å². The van der Waals surface area contributed by atoms with Gasteiger partial charge in [-0.25, -0.2) is 4.68 Å². The van der Waals surface area contributed by atoms with Crippen LogP contribution in [0.3, 0.4) is 0 Å². The van der Waals surface area contributed by atoms with E-state index in [1.54, 1.807) is 18.3 Å². The normalized spacial score (nSPS) is 27.8. The molecule has 5 aliphatic rings. The summed E-state index contributed by atoms with van der Waals surface area (Å²) >= 11 is 0. The first-order valence-corrected chi connectivity index (χ1v) is 12.6. The fourth-order valence-corrected chi connectivity index (χ4v) is 6.37. The largest absolute Gasteiger partial charge is 0.350 e. The number of hydrogen-bond donors (Lipinski definition) is 2. The number of carbonyl (C=O) groups excluding carboxylic acids is 4. The molecule has 11 heteroatoms. The topological polar surface area (TPSA) is 130 Å². The molecule has 2 bridgehead atoms. The Morgan fingerprint density at radius 3 is 2.83 bits per heavy atom. The van der Waals surface area contributed by atoms with E-state index in [-0.39, 0.29) is 36.4 Å². The van der Waals surface area contributed by atoms with Crippen molar-refractivity contribution < 1.29 is 19.2 Å². The van der Waals surface area contributed by atoms with Gasteiger partial charge >= 0.3 is 0 Å². The number of nitrogens with zero attached hydrogens (tertiary/aromatic N) is 5. The van der Waals surface area contributed by atoms with Crippen LogP contribution >= 0.6 is 0 Å². The molecule has 11 nitrogen and oxygen atoms in total. The Bertz CT molecular complexity index is 1260. The predicted octanol–water partition coefficient (Wildman–Crippen LogP) is 0.488. The van der Waals surface area contributed by atoms with Crippen molar-refractivity contribution in [2.24, 2.45) is 11.8 Å². The summed E-state index contributed by atoms with van der Waals surface area (Å²) in [6.45, 7) is 2.06. The molecule has 188 valence electrons. The van der Waals surface area contributed by atoms with E-state index in [9.17, 15) is 19.2 Å². The second kappa shape index (κ2) is 8.81. The number of piperidine rings is 3. The Labute approximate surface area is 208 Å². The van der Waals surface area contributed by atoms with Crippen LogP contribution in [-0.2, 0) is 16.1 Å². The van der Waals surface area contributed by atoms with Crippen molar-refractivity contribution in [3.05, 3.63) is 41.2 Å². The maximum Gasteiger partial charge on any atom is 0.273 e. The van der Waals surface area contributed by atoms with Crippen molar-refractivity contribution in [1.82, 2.24) is 35.4 Å². The third-order valence-corrected chi connectivity index (χ3v) is 8.19. The van der Waals surface area contributed by atoms with E-state index in [1.807, 2.05) is 6.07 Å². The number of fused-ring (bicyclic) bond motifs is 4. The molecule has 1 saturated carbocycles. The van der Waals surface area contributed by atoms with E-state index < -0.39 is 11.9 Å². The van der Waals surface area contributed by atoms with Gasteiger partial charge in [-0.1, -0.05) is 5.21 Å². The zero-order valence-corrected chi connectivity index (χ0v) is 20.1. The minimum absolute atomic E-state index is 0.213. The predicted molar refractivity (Wildman–Crippen MR) is 127 cm³/mol. The summed E-state index contributed by atoms with van der Waals surface area (Å²) in [5.41, 5.74) is 2.20. The minimum atomic E-state index is -0.660. The Balaban J connectivity index is 1.12. The maximum absolute atomic E-state index is 12.9. The van der Waals surface area contributed by atoms with E-state index in [4.69, 9.17) is 0 Å². The molecule has 1 aromatic heterocycles. The first kappa shape index (κ1) is 22.8. The summed E-state index contributed by atoms with van der Waals surface area (Å²) < 4.78 is 1.52. The molecule has 4 amide bonds. The van der Waals surface area contributed by atoms with E-state index >= 15 is 0 Å². The highest BCUT2D eigenvalue weighted by molar-refractivity contribution is 6.05. The zero-order chi connectivity index (χ0) is 25.0. The van der Waals surface area contributed by atoms with Crippen LogP contribution in [0.1, 0.15) is 58.5 Å². The fourth-order valence-electron chi connectivity index (χ4n) is 6.37. The Morgan fingerprint density at radius 1 is 1.19 bits per heavy atom. The quantitative estimate of drug-likeness (QED) is 0.582. The molecule has 1 aliphatic carbocycles. The molecule has 2 N–H and O–H groups in total. The van der Waals surface area contributed by atoms with Crippen molar-refractivity contribution in [2.75, 3.05) is 20.1 Å². The number of imide groups is 1. The molecule has 3 saturated heterocycles. The maximum atomic E-state index is 12.9. The average Bonchev–Trinajstić information content (AvgIpc) is 3.48. The lowest BCUT2D eigenvalue weighted by Gasteiger charge is -2.48. The van der Waals surface area contributed by atoms with E-state index in [0.717, 1.165) is 24.4 Å². The molecule has 0 spiro atoms. The lowest BCUT2D eigenvalue weighted by molar-refractivity contribution is -0.136. The molecule has 1 aromatic carbocycles. The van der Waals surface area contributed by atoms with E-state index in [1.165, 1.54) is 22.4 Å². The van der Waals surface area contributed by atoms with E-state index in [2.05, 4.69) is 32.9 Å². The SMILES string of the molecule is CN1CC2CCC1C(CNC(=O)c1cn(-c3ccc4c(c3)CN(C3CCC(=O)NC3=O)C4=O)nn1)C2. The lowest BCUT2D eigenvalue weighted by atomic mass is 9.73. The second-order valence-corrected chi connectivity index (χ2v) is 10.4. The highest BCUT2D eigenvalue weighted by Crippen LogP contribution is 2.37. The van der Waals surface area contributed by atoms with Gasteiger partial charge < -0.3 is 15.1 Å². The number of carbonyl (C=O) groups is 4. The number of hydrogen-bond acceptors (Lipinski definition) is 7. The average molecular weight is 492 g/mol. The molecule has 5 heterocycles. The Kier molecular flexibility index (Phi) is 5.59. The zero-order valence-electron chi connectivity index (χ0n) is 20.1. The molecular formula is C25H29N7O4. The molecular weight excluding hydrogens is 462 g/mol. The fraction of sp³-hybridized carbons (Fsp3) is 0.520. The van der Waals surface area contributed by atoms with Crippen molar-refractivity contribution >= 4 is 23.6 Å². The van der Waals surface area contributed by atoms with Gasteiger partial charge in [0.25, 0.3) is 11.8 Å². The standard InChI is InChI=1S/C25H29N7O4/c1-30-11-14-2-5-20(30)15(8-14)10-26-23(34)19-13-32(29-28-19)17-3-4-18-16(9-17)12-31(25(18)36)21-6-7-22(33)27-24(21)35/h3-4,9,13-15,20-21H,2,5-8,10-12H2,1H3,(H,26,34)(H,27,33,35). The van der Waals surface area contributed by atoms with Gasteiger partial charge in [0.1, 0.15) is 6.04 Å². The van der Waals surface area contributed by atoms with E-state index in [0.29, 0.717) is 36.2 Å². The van der Waals surface area contributed by atoms with Crippen LogP contribution in [0.2, 0.25) is 0 Å². The van der Waals surface area contributed by atoms with Gasteiger partial charge in [0.15, 0.2) is 5.69 Å². The van der Waals surface area contributed by atoms with Crippen LogP contribution in [0, 0.1) is 11.8 Å². The van der Waals surface area contributed by atoms with Gasteiger partial charge in [-0.2, -0.15) is 0 Å². The van der Waals surface area contributed by atoms with Crippen LogP contribution in [0.15, 0.2) is 24.4 Å². The second-order valence-electron chi connectivity index (χ2n) is 10.4. The van der Waals surface area contributed by atoms with Crippen LogP contribution < -0.4 is 10.6 Å². The first-order chi connectivity index (χ1) is 17.4. The number of nitrogens with one attached hydrogen (secondary N) is 2. The molecule has 0 radical (unpaired) electrons. The van der Waals surface area contributed by atoms with Crippen molar-refractivity contribution in [3.63, 3.8) is 0 Å². The minimum Gasteiger partial charge on any atom is -0.350 e. The number of amides is 4. The molecule has 2 aromatic rings. The van der Waals surface area contributed by atoms with Crippen LogP contribution in [-0.4, -0.2) is 80.6 Å². The van der Waals surface area contributed by atoms with Crippen LogP contribution in [0.25, 0.3) is 5.69 Å². The summed E-state index contributed by atoms with van der Waals surface area (Å²) in [7, 11) is 2.17. The summed E-state index contributed by atoms with van der Waals surface area (Å²) in [6, 6.07) is 5.14. The number of benzene rings is 1. The van der Waals surface area contributed by atoms with Gasteiger partial charge in [0.05, 0.1) is 11.9 Å². The van der Waals surface area contributed by atoms with Gasteiger partial charge in [0, 0.05) is 37.7 Å². The smallest absolute Gasteiger partial charge is 0.273 e. The summed E-state index contributed by atoms with van der Waals surface area (Å²) in [5.74, 6) is -0.0415. The summed E-state index contributed by atoms with van der Waals surface area (Å²) in [6.07, 6.45) is 5.75. The number of aromatic nitrogens is 3. The highest BCUT2D eigenvalue weighted by atomic mass is 16.2. The van der Waals surface area contributed by atoms with Crippen LogP contribution in [0.4, 0.5) is 0 Å². The number of rotatable bonds is 5. The van der Waals surface area contributed by atoms with Crippen molar-refractivity contribution in [1.29, 1.82) is 0 Å². The molecule has 36 heavy (non-hydrogen) atoms. The van der Waals surface area contributed by atoms with Gasteiger partial charge in [0.2, 0.25) is 11.8 Å². The molecule has 4 fully saturated rings. The molecule has 4 unspecified atom stereocenters. The molecule has 4 atom stereocenters.